The van der Waals surface area contributed by atoms with E-state index in [-0.39, 0.29) is 6.04 Å². The minimum absolute atomic E-state index is 0.193. The molecule has 102 valence electrons. The van der Waals surface area contributed by atoms with Crippen LogP contribution < -0.4 is 10.2 Å². The molecule has 2 rings (SSSR count). The van der Waals surface area contributed by atoms with Crippen molar-refractivity contribution in [2.45, 2.75) is 19.4 Å². The molecule has 0 aliphatic heterocycles. The quantitative estimate of drug-likeness (QED) is 0.860. The maximum Gasteiger partial charge on any atom is 0.0953 e. The first-order valence-corrected chi connectivity index (χ1v) is 6.75. The normalized spacial score (nSPS) is 12.4. The van der Waals surface area contributed by atoms with Crippen molar-refractivity contribution in [2.24, 2.45) is 0 Å². The van der Waals surface area contributed by atoms with E-state index in [0.29, 0.717) is 0 Å². The molecule has 1 unspecified atom stereocenters. The van der Waals surface area contributed by atoms with Crippen molar-refractivity contribution in [3.8, 4) is 0 Å². The number of rotatable bonds is 6. The van der Waals surface area contributed by atoms with Crippen LogP contribution in [-0.2, 0) is 0 Å². The summed E-state index contributed by atoms with van der Waals surface area (Å²) in [4.78, 5) is 2.12. The molecule has 19 heavy (non-hydrogen) atoms. The van der Waals surface area contributed by atoms with Gasteiger partial charge in [-0.25, -0.2) is 0 Å². The Bertz CT molecular complexity index is 491. The van der Waals surface area contributed by atoms with Crippen LogP contribution in [0.1, 0.15) is 30.5 Å². The van der Waals surface area contributed by atoms with Crippen molar-refractivity contribution in [3.63, 3.8) is 0 Å². The van der Waals surface area contributed by atoms with Crippen LogP contribution in [0.4, 0.5) is 5.69 Å². The van der Waals surface area contributed by atoms with Gasteiger partial charge in [0.05, 0.1) is 18.6 Å². The summed E-state index contributed by atoms with van der Waals surface area (Å²) in [6.45, 7) is 3.16. The summed E-state index contributed by atoms with van der Waals surface area (Å²) in [5.74, 6) is 0. The molecule has 0 fully saturated rings. The van der Waals surface area contributed by atoms with Gasteiger partial charge in [0.15, 0.2) is 0 Å². The molecule has 0 bridgehead atoms. The molecule has 0 spiro atoms. The van der Waals surface area contributed by atoms with Crippen molar-refractivity contribution in [3.05, 3.63) is 54.0 Å². The summed E-state index contributed by atoms with van der Waals surface area (Å²) in [6, 6.07) is 10.8. The lowest BCUT2D eigenvalue weighted by Crippen LogP contribution is -2.23. The SMILES string of the molecule is CCCNC(c1ccoc1)c1cccc(N(C)C)c1. The first-order valence-electron chi connectivity index (χ1n) is 6.75. The zero-order valence-corrected chi connectivity index (χ0v) is 11.9. The van der Waals surface area contributed by atoms with Crippen LogP contribution in [-0.4, -0.2) is 20.6 Å². The highest BCUT2D eigenvalue weighted by atomic mass is 16.3. The third-order valence-electron chi connectivity index (χ3n) is 3.19. The molecular weight excluding hydrogens is 236 g/mol. The number of nitrogens with zero attached hydrogens (tertiary/aromatic N) is 1. The van der Waals surface area contributed by atoms with Gasteiger partial charge >= 0.3 is 0 Å². The molecule has 0 aliphatic rings. The van der Waals surface area contributed by atoms with Gasteiger partial charge in [-0.1, -0.05) is 19.1 Å². The molecule has 3 nitrogen and oxygen atoms in total. The molecule has 0 saturated heterocycles. The Morgan fingerprint density at radius 3 is 2.68 bits per heavy atom. The van der Waals surface area contributed by atoms with Crippen LogP contribution in [0.15, 0.2) is 47.3 Å². The van der Waals surface area contributed by atoms with E-state index in [9.17, 15) is 0 Å². The van der Waals surface area contributed by atoms with Gasteiger partial charge in [-0.15, -0.1) is 0 Å². The Kier molecular flexibility index (Phi) is 4.63. The Balaban J connectivity index is 2.29. The molecule has 1 atom stereocenters. The van der Waals surface area contributed by atoms with Crippen molar-refractivity contribution in [1.82, 2.24) is 5.32 Å². The van der Waals surface area contributed by atoms with Gasteiger partial charge in [-0.2, -0.15) is 0 Å². The highest BCUT2D eigenvalue weighted by Gasteiger charge is 2.15. The molecule has 0 aliphatic carbocycles. The maximum atomic E-state index is 5.22. The summed E-state index contributed by atoms with van der Waals surface area (Å²) in [5.41, 5.74) is 3.65. The molecule has 0 radical (unpaired) electrons. The lowest BCUT2D eigenvalue weighted by molar-refractivity contribution is 0.548. The molecule has 3 heteroatoms. The number of nitrogens with one attached hydrogen (secondary N) is 1. The highest BCUT2D eigenvalue weighted by Crippen LogP contribution is 2.25. The van der Waals surface area contributed by atoms with Crippen LogP contribution in [0, 0.1) is 0 Å². The smallest absolute Gasteiger partial charge is 0.0953 e. The van der Waals surface area contributed by atoms with Crippen LogP contribution in [0.5, 0.6) is 0 Å². The molecule has 1 aromatic carbocycles. The monoisotopic (exact) mass is 258 g/mol. The second-order valence-electron chi connectivity index (χ2n) is 4.93. The third kappa shape index (κ3) is 3.38. The first kappa shape index (κ1) is 13.7. The second-order valence-corrected chi connectivity index (χ2v) is 4.93. The lowest BCUT2D eigenvalue weighted by atomic mass is 10.0. The van der Waals surface area contributed by atoms with Crippen molar-refractivity contribution in [2.75, 3.05) is 25.5 Å². The van der Waals surface area contributed by atoms with E-state index in [0.717, 1.165) is 13.0 Å². The standard InChI is InChI=1S/C16H22N2O/c1-4-9-17-16(14-8-10-19-12-14)13-6-5-7-15(11-13)18(2)3/h5-8,10-12,16-17H,4,9H2,1-3H3. The van der Waals surface area contributed by atoms with Gasteiger partial charge in [0.2, 0.25) is 0 Å². The van der Waals surface area contributed by atoms with E-state index in [1.165, 1.54) is 16.8 Å². The largest absolute Gasteiger partial charge is 0.472 e. The van der Waals surface area contributed by atoms with Crippen LogP contribution in [0.2, 0.25) is 0 Å². The van der Waals surface area contributed by atoms with Crippen molar-refractivity contribution in [1.29, 1.82) is 0 Å². The Hall–Kier alpha value is -1.74. The number of hydrogen-bond donors (Lipinski definition) is 1. The molecule has 2 aromatic rings. The minimum Gasteiger partial charge on any atom is -0.472 e. The fourth-order valence-electron chi connectivity index (χ4n) is 2.14. The van der Waals surface area contributed by atoms with Crippen LogP contribution in [0.3, 0.4) is 0 Å². The summed E-state index contributed by atoms with van der Waals surface area (Å²) in [6.07, 6.45) is 4.66. The second kappa shape index (κ2) is 6.43. The summed E-state index contributed by atoms with van der Waals surface area (Å²) in [5, 5.41) is 3.58. The molecule has 1 aromatic heterocycles. The fourth-order valence-corrected chi connectivity index (χ4v) is 2.14. The molecule has 0 saturated carbocycles. The number of anilines is 1. The number of hydrogen-bond acceptors (Lipinski definition) is 3. The van der Waals surface area contributed by atoms with Gasteiger partial charge in [0, 0.05) is 25.3 Å². The number of furan rings is 1. The van der Waals surface area contributed by atoms with Crippen LogP contribution >= 0.6 is 0 Å². The van der Waals surface area contributed by atoms with E-state index in [2.05, 4.69) is 55.5 Å². The van der Waals surface area contributed by atoms with E-state index in [1.807, 2.05) is 12.3 Å². The van der Waals surface area contributed by atoms with Gasteiger partial charge in [0.25, 0.3) is 0 Å². The summed E-state index contributed by atoms with van der Waals surface area (Å²) in [7, 11) is 4.12. The Morgan fingerprint density at radius 1 is 1.21 bits per heavy atom. The topological polar surface area (TPSA) is 28.4 Å². The van der Waals surface area contributed by atoms with E-state index in [1.54, 1.807) is 6.26 Å². The third-order valence-corrected chi connectivity index (χ3v) is 3.19. The van der Waals surface area contributed by atoms with E-state index >= 15 is 0 Å². The molecule has 1 N–H and O–H groups in total. The predicted octanol–water partition coefficient (Wildman–Crippen LogP) is 3.43. The van der Waals surface area contributed by atoms with Gasteiger partial charge in [-0.05, 0) is 36.7 Å². The van der Waals surface area contributed by atoms with E-state index < -0.39 is 0 Å². The van der Waals surface area contributed by atoms with Gasteiger partial charge < -0.3 is 14.6 Å². The van der Waals surface area contributed by atoms with Gasteiger partial charge in [0.1, 0.15) is 0 Å². The van der Waals surface area contributed by atoms with Crippen LogP contribution in [0.25, 0.3) is 0 Å². The molecule has 0 amide bonds. The zero-order valence-electron chi connectivity index (χ0n) is 11.9. The fraction of sp³-hybridized carbons (Fsp3) is 0.375. The summed E-state index contributed by atoms with van der Waals surface area (Å²) < 4.78 is 5.22. The average molecular weight is 258 g/mol. The summed E-state index contributed by atoms with van der Waals surface area (Å²) >= 11 is 0. The number of benzene rings is 1. The minimum atomic E-state index is 0.193. The Labute approximate surface area is 115 Å². The van der Waals surface area contributed by atoms with Gasteiger partial charge in [-0.3, -0.25) is 0 Å². The maximum absolute atomic E-state index is 5.22. The zero-order chi connectivity index (χ0) is 13.7. The van der Waals surface area contributed by atoms with Crippen molar-refractivity contribution < 1.29 is 4.42 Å². The molecule has 1 heterocycles. The first-order chi connectivity index (χ1) is 9.22. The predicted molar refractivity (Wildman–Crippen MR) is 79.6 cm³/mol. The molecular formula is C16H22N2O. The van der Waals surface area contributed by atoms with Crippen molar-refractivity contribution >= 4 is 5.69 Å². The average Bonchev–Trinajstić information content (AvgIpc) is 2.93. The Morgan fingerprint density at radius 2 is 2.05 bits per heavy atom. The lowest BCUT2D eigenvalue weighted by Gasteiger charge is -2.20. The highest BCUT2D eigenvalue weighted by molar-refractivity contribution is 5.49. The van der Waals surface area contributed by atoms with E-state index in [4.69, 9.17) is 4.42 Å².